The van der Waals surface area contributed by atoms with Crippen molar-refractivity contribution in [3.05, 3.63) is 106 Å². The van der Waals surface area contributed by atoms with Crippen molar-refractivity contribution < 1.29 is 67.0 Å². The molecule has 22 nitrogen and oxygen atoms in total. The van der Waals surface area contributed by atoms with Crippen molar-refractivity contribution in [2.45, 2.75) is 221 Å². The number of aromatic nitrogens is 4. The summed E-state index contributed by atoms with van der Waals surface area (Å²) in [5.41, 5.74) is 8.50. The lowest BCUT2D eigenvalue weighted by molar-refractivity contribution is -0.140. The van der Waals surface area contributed by atoms with E-state index in [9.17, 15) is 39.0 Å². The van der Waals surface area contributed by atoms with Crippen LogP contribution in [0.15, 0.2) is 80.7 Å². The van der Waals surface area contributed by atoms with Gasteiger partial charge in [0.15, 0.2) is 23.1 Å². The Bertz CT molecular complexity index is 3510. The van der Waals surface area contributed by atoms with E-state index < -0.39 is 47.3 Å². The zero-order chi connectivity index (χ0) is 72.8. The van der Waals surface area contributed by atoms with Gasteiger partial charge in [-0.25, -0.2) is 19.6 Å². The number of nitrogens with zero attached hydrogens (tertiary/aromatic N) is 8. The van der Waals surface area contributed by atoms with Crippen LogP contribution < -0.4 is 9.47 Å². The largest absolute Gasteiger partial charge is 0.475 e. The third-order valence-electron chi connectivity index (χ3n) is 19.7. The molecule has 544 valence electrons. The van der Waals surface area contributed by atoms with Crippen LogP contribution in [0, 0.1) is 36.5 Å². The number of ether oxygens (including phenoxy) is 4. The summed E-state index contributed by atoms with van der Waals surface area (Å²) in [4.78, 5) is 98.1. The van der Waals surface area contributed by atoms with Crippen molar-refractivity contribution in [3.8, 4) is 32.6 Å². The molecule has 2 aromatic carbocycles. The molecule has 100 heavy (non-hydrogen) atoms. The summed E-state index contributed by atoms with van der Waals surface area (Å²) in [5.74, 6) is -1.22. The van der Waals surface area contributed by atoms with Crippen LogP contribution in [0.2, 0.25) is 0 Å². The van der Waals surface area contributed by atoms with Crippen LogP contribution >= 0.6 is 22.7 Å². The number of carbonyl (C=O) groups excluding carboxylic acids is 6. The minimum absolute atomic E-state index is 0.0601. The van der Waals surface area contributed by atoms with E-state index >= 15 is 0 Å². The third kappa shape index (κ3) is 19.5. The Hall–Kier alpha value is -7.54. The first-order valence-corrected chi connectivity index (χ1v) is 37.0. The number of likely N-dealkylation sites (tertiary alicyclic amines) is 4. The van der Waals surface area contributed by atoms with Crippen molar-refractivity contribution in [1.29, 1.82) is 0 Å². The Morgan fingerprint density at radius 3 is 1.20 bits per heavy atom. The van der Waals surface area contributed by atoms with Crippen LogP contribution in [0.1, 0.15) is 206 Å². The van der Waals surface area contributed by atoms with Crippen molar-refractivity contribution >= 4 is 58.2 Å². The highest BCUT2D eigenvalue weighted by Gasteiger charge is 2.46. The molecule has 0 radical (unpaired) electrons. The Morgan fingerprint density at radius 1 is 0.560 bits per heavy atom. The monoisotopic (exact) mass is 1420 g/mol. The lowest BCUT2D eigenvalue weighted by atomic mass is 9.81. The molecule has 4 fully saturated rings. The Balaban J connectivity index is 0.000000233. The molecular weight excluding hydrogens is 1310 g/mol. The van der Waals surface area contributed by atoms with Crippen LogP contribution in [0.4, 0.5) is 9.59 Å². The molecule has 4 amide bonds. The van der Waals surface area contributed by atoms with Gasteiger partial charge >= 0.3 is 12.2 Å². The van der Waals surface area contributed by atoms with E-state index in [1.165, 1.54) is 9.80 Å². The molecule has 4 aromatic heterocycles. The van der Waals surface area contributed by atoms with Crippen LogP contribution in [-0.2, 0) is 28.7 Å². The highest BCUT2D eigenvalue weighted by atomic mass is 32.1. The highest BCUT2D eigenvalue weighted by molar-refractivity contribution is 7.13. The van der Waals surface area contributed by atoms with E-state index in [1.807, 2.05) is 132 Å². The molecule has 8 atom stereocenters. The first-order valence-electron chi connectivity index (χ1n) is 35.2. The number of aliphatic hydroxyl groups is 2. The molecule has 0 bridgehead atoms. The molecule has 0 unspecified atom stereocenters. The number of β-amino-alcohol motifs (C(OH)–C–C–N with tert-alkyl or cyclic N) is 2. The molecule has 4 aliphatic heterocycles. The molecule has 24 heteroatoms. The molecule has 0 spiro atoms. The molecular formula is C76H104N8O14S2. The number of Topliss-reactive ketones (excluding diaryl/α,β-unsaturated/α-hetero) is 2. The van der Waals surface area contributed by atoms with E-state index in [1.54, 1.807) is 44.6 Å². The predicted molar refractivity (Wildman–Crippen MR) is 382 cm³/mol. The number of thiazole rings is 2. The Morgan fingerprint density at radius 2 is 0.900 bits per heavy atom. The van der Waals surface area contributed by atoms with Gasteiger partial charge in [-0.3, -0.25) is 19.2 Å². The Kier molecular flexibility index (Phi) is 24.7. The molecule has 8 heterocycles. The summed E-state index contributed by atoms with van der Waals surface area (Å²) in [6.07, 6.45) is 1.72. The van der Waals surface area contributed by atoms with Crippen LogP contribution in [0.25, 0.3) is 20.9 Å². The standard InChI is InChI=1S/2C38H52N4O7S/c2*1-23(2)33(31-19-32(40-49-31)47-21-38(8)13-15-41(16-14-38)36(46)48-37(5,6)7)35(45)42-20-28(43)18-29(42)30(44)17-24(3)26-9-11-27(12-10-26)34-25(4)39-22-50-34/h2*9-12,19,22-24,28-29,33,43H,13-18,20-21H2,1-8H3/t24-,28-,29+,33+;24-,28-,29+,33-/m11/s1. The number of benzene rings is 2. The average Bonchev–Trinajstić information content (AvgIpc) is 1.25. The minimum Gasteiger partial charge on any atom is -0.475 e. The molecule has 10 rings (SSSR count). The number of aliphatic hydroxyl groups excluding tert-OH is 2. The van der Waals surface area contributed by atoms with E-state index in [0.29, 0.717) is 50.9 Å². The van der Waals surface area contributed by atoms with Gasteiger partial charge in [-0.15, -0.1) is 22.7 Å². The first kappa shape index (κ1) is 76.6. The van der Waals surface area contributed by atoms with Gasteiger partial charge in [-0.05, 0) is 137 Å². The van der Waals surface area contributed by atoms with Gasteiger partial charge in [-0.2, -0.15) is 0 Å². The van der Waals surface area contributed by atoms with E-state index in [-0.39, 0.29) is 121 Å². The smallest absolute Gasteiger partial charge is 0.410 e. The summed E-state index contributed by atoms with van der Waals surface area (Å²) in [5, 5.41) is 29.5. The highest BCUT2D eigenvalue weighted by Crippen LogP contribution is 2.40. The van der Waals surface area contributed by atoms with Gasteiger partial charge < -0.3 is 57.8 Å². The van der Waals surface area contributed by atoms with Gasteiger partial charge in [-0.1, -0.05) is 104 Å². The normalized spacial score (nSPS) is 20.5. The lowest BCUT2D eigenvalue weighted by Gasteiger charge is -2.39. The maximum Gasteiger partial charge on any atom is 0.410 e. The SMILES string of the molecule is Cc1ncsc1-c1ccc([C@H](C)CC(=O)[C@@H]2C[C@@H](O)CN2C(=O)[C@@H](c2cc(OCC3(C)CCN(C(=O)OC(C)(C)C)CC3)no2)C(C)C)cc1.Cc1ncsc1-c1ccc([C@H](C)CC(=O)[C@@H]2C[C@@H](O)CN2C(=O)[C@H](c2cc(OCC3(C)CCN(C(=O)OC(C)(C)C)CC3)no2)C(C)C)cc1. The predicted octanol–water partition coefficient (Wildman–Crippen LogP) is 14.0. The molecule has 4 aliphatic rings. The average molecular weight is 1420 g/mol. The van der Waals surface area contributed by atoms with Crippen molar-refractivity contribution in [3.63, 3.8) is 0 Å². The fourth-order valence-electron chi connectivity index (χ4n) is 13.6. The summed E-state index contributed by atoms with van der Waals surface area (Å²) < 4.78 is 34.6. The fraction of sp³-hybridized carbons (Fsp3) is 0.605. The molecule has 0 aliphatic carbocycles. The van der Waals surface area contributed by atoms with E-state index in [4.69, 9.17) is 28.0 Å². The van der Waals surface area contributed by atoms with Crippen LogP contribution in [-0.4, -0.2) is 174 Å². The maximum atomic E-state index is 14.1. The summed E-state index contributed by atoms with van der Waals surface area (Å²) >= 11 is 3.21. The number of aryl methyl sites for hydroxylation is 2. The lowest BCUT2D eigenvalue weighted by Crippen LogP contribution is -2.46. The zero-order valence-electron chi connectivity index (χ0n) is 61.2. The second-order valence-corrected chi connectivity index (χ2v) is 33.1. The van der Waals surface area contributed by atoms with Crippen LogP contribution in [0.5, 0.6) is 11.8 Å². The maximum absolute atomic E-state index is 14.1. The second-order valence-electron chi connectivity index (χ2n) is 31.4. The zero-order valence-corrected chi connectivity index (χ0v) is 62.8. The number of ketones is 2. The number of piperidine rings is 2. The van der Waals surface area contributed by atoms with Gasteiger partial charge in [0.2, 0.25) is 11.8 Å². The minimum atomic E-state index is -0.783. The summed E-state index contributed by atoms with van der Waals surface area (Å²) in [6.45, 7) is 34.3. The Labute approximate surface area is 596 Å². The number of carbonyl (C=O) groups is 6. The first-order chi connectivity index (χ1) is 47.1. The summed E-state index contributed by atoms with van der Waals surface area (Å²) in [6, 6.07) is 18.3. The van der Waals surface area contributed by atoms with Crippen molar-refractivity contribution in [1.82, 2.24) is 39.9 Å². The van der Waals surface area contributed by atoms with E-state index in [2.05, 4.69) is 58.4 Å². The third-order valence-corrected chi connectivity index (χ3v) is 21.7. The van der Waals surface area contributed by atoms with E-state index in [0.717, 1.165) is 69.1 Å². The van der Waals surface area contributed by atoms with Crippen LogP contribution in [0.3, 0.4) is 0 Å². The summed E-state index contributed by atoms with van der Waals surface area (Å²) in [7, 11) is 0. The number of hydrogen-bond acceptors (Lipinski definition) is 20. The van der Waals surface area contributed by atoms with Gasteiger partial charge in [0.1, 0.15) is 23.0 Å². The van der Waals surface area contributed by atoms with Crippen molar-refractivity contribution in [2.24, 2.45) is 22.7 Å². The van der Waals surface area contributed by atoms with Gasteiger partial charge in [0.25, 0.3) is 11.8 Å². The molecule has 0 saturated carbocycles. The number of hydrogen-bond donors (Lipinski definition) is 2. The quantitative estimate of drug-likeness (QED) is 0.0639. The van der Waals surface area contributed by atoms with Gasteiger partial charge in [0.05, 0.1) is 69.7 Å². The van der Waals surface area contributed by atoms with Gasteiger partial charge in [0, 0.05) is 87.9 Å². The topological polar surface area (TPSA) is 271 Å². The fourth-order valence-corrected chi connectivity index (χ4v) is 15.2. The molecule has 6 aromatic rings. The van der Waals surface area contributed by atoms with Crippen molar-refractivity contribution in [2.75, 3.05) is 52.5 Å². The number of rotatable bonds is 22. The molecule has 4 saturated heterocycles. The molecule has 2 N–H and O–H groups in total. The number of amides is 4. The second kappa shape index (κ2) is 32.2.